The van der Waals surface area contributed by atoms with Crippen molar-refractivity contribution in [1.29, 1.82) is 0 Å². The summed E-state index contributed by atoms with van der Waals surface area (Å²) in [5.41, 5.74) is 3.43. The molecule has 8 heteroatoms. The summed E-state index contributed by atoms with van der Waals surface area (Å²) in [6, 6.07) is 17.9. The quantitative estimate of drug-likeness (QED) is 0.322. The van der Waals surface area contributed by atoms with Gasteiger partial charge < -0.3 is 16.0 Å². The number of benzene rings is 3. The zero-order valence-electron chi connectivity index (χ0n) is 22.4. The highest BCUT2D eigenvalue weighted by Crippen LogP contribution is 2.29. The number of urea groups is 1. The fourth-order valence-corrected chi connectivity index (χ4v) is 4.13. The number of aryl methyl sites for hydroxylation is 1. The number of carbonyl (C=O) groups is 2. The second-order valence-corrected chi connectivity index (χ2v) is 10.1. The van der Waals surface area contributed by atoms with Gasteiger partial charge in [-0.15, -0.1) is 0 Å². The van der Waals surface area contributed by atoms with Crippen molar-refractivity contribution in [3.63, 3.8) is 0 Å². The van der Waals surface area contributed by atoms with Crippen molar-refractivity contribution in [3.8, 4) is 0 Å². The first-order chi connectivity index (χ1) is 18.1. The Morgan fingerprint density at radius 1 is 1.05 bits per heavy atom. The molecule has 0 saturated carbocycles. The summed E-state index contributed by atoms with van der Waals surface area (Å²) >= 11 is 6.29. The van der Waals surface area contributed by atoms with Crippen LogP contribution in [-0.2, 0) is 11.2 Å². The summed E-state index contributed by atoms with van der Waals surface area (Å²) in [5, 5.41) is 9.12. The van der Waals surface area contributed by atoms with Crippen LogP contribution < -0.4 is 16.0 Å². The average molecular weight is 537 g/mol. The predicted molar refractivity (Wildman–Crippen MR) is 154 cm³/mol. The molecule has 1 aliphatic heterocycles. The van der Waals surface area contributed by atoms with Gasteiger partial charge in [0.2, 0.25) is 5.91 Å². The van der Waals surface area contributed by atoms with Crippen LogP contribution in [0.25, 0.3) is 0 Å². The number of carbonyl (C=O) groups excluding carboxylic acids is 2. The molecule has 0 fully saturated rings. The number of anilines is 2. The minimum atomic E-state index is -0.721. The Hall–Kier alpha value is -3.71. The number of fused-ring (bicyclic) bond motifs is 1. The van der Waals surface area contributed by atoms with Crippen molar-refractivity contribution in [3.05, 3.63) is 94.3 Å². The van der Waals surface area contributed by atoms with Crippen LogP contribution in [0.3, 0.4) is 0 Å². The molecule has 200 valence electrons. The van der Waals surface area contributed by atoms with Crippen molar-refractivity contribution in [2.75, 3.05) is 10.6 Å². The van der Waals surface area contributed by atoms with E-state index in [0.717, 1.165) is 5.56 Å². The number of amides is 3. The Bertz CT molecular complexity index is 1320. The number of hydrogen-bond donors (Lipinski definition) is 3. The number of aliphatic imine (C=N–C) groups is 1. The molecule has 1 unspecified atom stereocenters. The molecule has 6 nitrogen and oxygen atoms in total. The summed E-state index contributed by atoms with van der Waals surface area (Å²) in [7, 11) is 0. The molecule has 1 heterocycles. The van der Waals surface area contributed by atoms with Gasteiger partial charge in [0.05, 0.1) is 11.4 Å². The first-order valence-electron chi connectivity index (χ1n) is 12.7. The number of rotatable bonds is 5. The van der Waals surface area contributed by atoms with Crippen LogP contribution in [-0.4, -0.2) is 29.2 Å². The van der Waals surface area contributed by atoms with Gasteiger partial charge in [-0.05, 0) is 75.6 Å². The van der Waals surface area contributed by atoms with E-state index in [1.54, 1.807) is 48.5 Å². The highest BCUT2D eigenvalue weighted by atomic mass is 35.5. The van der Waals surface area contributed by atoms with Crippen molar-refractivity contribution in [2.24, 2.45) is 4.99 Å². The highest BCUT2D eigenvalue weighted by Gasteiger charge is 2.26. The first-order valence-corrected chi connectivity index (χ1v) is 13.1. The van der Waals surface area contributed by atoms with Crippen molar-refractivity contribution in [2.45, 2.75) is 59.0 Å². The SMILES string of the molecule is CC.CC(C)(C)NC(=O)Nc1ccc(C2=NC(CCc3ccccc3F)C(=O)Nc3ccc(Cl)cc32)cc1. The highest BCUT2D eigenvalue weighted by molar-refractivity contribution is 6.32. The van der Waals surface area contributed by atoms with Gasteiger partial charge in [0, 0.05) is 27.4 Å². The largest absolute Gasteiger partial charge is 0.333 e. The minimum Gasteiger partial charge on any atom is -0.333 e. The third-order valence-electron chi connectivity index (χ3n) is 5.63. The number of hydrogen-bond acceptors (Lipinski definition) is 3. The first kappa shape index (κ1) is 28.9. The van der Waals surface area contributed by atoms with Crippen molar-refractivity contribution < 1.29 is 14.0 Å². The second-order valence-electron chi connectivity index (χ2n) is 9.71. The lowest BCUT2D eigenvalue weighted by atomic mass is 10.00. The summed E-state index contributed by atoms with van der Waals surface area (Å²) in [6.45, 7) is 9.71. The van der Waals surface area contributed by atoms with Gasteiger partial charge in [-0.2, -0.15) is 0 Å². The molecule has 3 aromatic rings. The Labute approximate surface area is 228 Å². The van der Waals surface area contributed by atoms with Crippen molar-refractivity contribution >= 4 is 40.6 Å². The molecule has 3 N–H and O–H groups in total. The molecule has 1 atom stereocenters. The van der Waals surface area contributed by atoms with E-state index in [2.05, 4.69) is 16.0 Å². The molecule has 0 bridgehead atoms. The van der Waals surface area contributed by atoms with Crippen LogP contribution in [0.1, 0.15) is 57.7 Å². The van der Waals surface area contributed by atoms with E-state index in [1.165, 1.54) is 6.07 Å². The van der Waals surface area contributed by atoms with E-state index in [9.17, 15) is 14.0 Å². The third kappa shape index (κ3) is 7.65. The molecule has 4 rings (SSSR count). The van der Waals surface area contributed by atoms with E-state index in [0.29, 0.717) is 46.1 Å². The molecular weight excluding hydrogens is 503 g/mol. The maximum absolute atomic E-state index is 14.2. The Balaban J connectivity index is 0.00000195. The fourth-order valence-electron chi connectivity index (χ4n) is 3.95. The maximum Gasteiger partial charge on any atom is 0.319 e. The Morgan fingerprint density at radius 2 is 1.74 bits per heavy atom. The molecule has 1 aliphatic rings. The molecular formula is C30H34ClFN4O2. The number of nitrogens with one attached hydrogen (secondary N) is 3. The number of halogens is 2. The number of benzodiazepines with no additional fused rings is 1. The standard InChI is InChI=1S/C28H28ClFN4O2.C2H6/c1-28(2,3)34-27(36)31-20-12-8-18(9-13-20)25-21-16-19(29)11-15-23(21)33-26(35)24(32-25)14-10-17-6-4-5-7-22(17)30;1-2/h4-9,11-13,15-16,24H,10,14H2,1-3H3,(H,33,35)(H2,31,34,36);1-2H3. The Kier molecular flexibility index (Phi) is 9.64. The van der Waals surface area contributed by atoms with Gasteiger partial charge in [0.15, 0.2) is 0 Å². The van der Waals surface area contributed by atoms with Crippen LogP contribution in [0.4, 0.5) is 20.6 Å². The molecule has 0 radical (unpaired) electrons. The normalized spacial score (nSPS) is 14.7. The molecule has 0 aliphatic carbocycles. The summed E-state index contributed by atoms with van der Waals surface area (Å²) < 4.78 is 14.2. The molecule has 0 aromatic heterocycles. The van der Waals surface area contributed by atoms with Gasteiger partial charge in [0.25, 0.3) is 0 Å². The maximum atomic E-state index is 14.2. The summed E-state index contributed by atoms with van der Waals surface area (Å²) in [6.07, 6.45) is 0.703. The van der Waals surface area contributed by atoms with Crippen LogP contribution in [0, 0.1) is 5.82 Å². The van der Waals surface area contributed by atoms with Crippen molar-refractivity contribution in [1.82, 2.24) is 5.32 Å². The molecule has 3 aromatic carbocycles. The molecule has 3 amide bonds. The van der Waals surface area contributed by atoms with Gasteiger partial charge in [-0.1, -0.05) is 55.8 Å². The lowest BCUT2D eigenvalue weighted by Gasteiger charge is -2.20. The van der Waals surface area contributed by atoms with Crippen LogP contribution in [0.5, 0.6) is 0 Å². The molecule has 0 spiro atoms. The molecule has 0 saturated heterocycles. The van der Waals surface area contributed by atoms with Gasteiger partial charge in [-0.25, -0.2) is 9.18 Å². The fraction of sp³-hybridized carbons (Fsp3) is 0.300. The predicted octanol–water partition coefficient (Wildman–Crippen LogP) is 7.22. The van der Waals surface area contributed by atoms with Crippen LogP contribution in [0.15, 0.2) is 71.7 Å². The van der Waals surface area contributed by atoms with Crippen LogP contribution >= 0.6 is 11.6 Å². The second kappa shape index (κ2) is 12.7. The zero-order chi connectivity index (χ0) is 27.9. The smallest absolute Gasteiger partial charge is 0.319 e. The monoisotopic (exact) mass is 536 g/mol. The lowest BCUT2D eigenvalue weighted by molar-refractivity contribution is -0.117. The average Bonchev–Trinajstić information content (AvgIpc) is 3.00. The number of nitrogens with zero attached hydrogens (tertiary/aromatic N) is 1. The zero-order valence-corrected chi connectivity index (χ0v) is 23.1. The minimum absolute atomic E-state index is 0.262. The molecule has 38 heavy (non-hydrogen) atoms. The van der Waals surface area contributed by atoms with E-state index in [1.807, 2.05) is 46.8 Å². The van der Waals surface area contributed by atoms with E-state index >= 15 is 0 Å². The van der Waals surface area contributed by atoms with Gasteiger partial charge in [-0.3, -0.25) is 9.79 Å². The van der Waals surface area contributed by atoms with E-state index < -0.39 is 6.04 Å². The topological polar surface area (TPSA) is 82.6 Å². The van der Waals surface area contributed by atoms with E-state index in [-0.39, 0.29) is 23.3 Å². The van der Waals surface area contributed by atoms with Gasteiger partial charge >= 0.3 is 6.03 Å². The van der Waals surface area contributed by atoms with Crippen LogP contribution in [0.2, 0.25) is 5.02 Å². The summed E-state index contributed by atoms with van der Waals surface area (Å²) in [4.78, 5) is 30.1. The Morgan fingerprint density at radius 3 is 2.39 bits per heavy atom. The van der Waals surface area contributed by atoms with Gasteiger partial charge in [0.1, 0.15) is 11.9 Å². The lowest BCUT2D eigenvalue weighted by Crippen LogP contribution is -2.43. The van der Waals surface area contributed by atoms with E-state index in [4.69, 9.17) is 16.6 Å². The summed E-state index contributed by atoms with van der Waals surface area (Å²) in [5.74, 6) is -0.563. The third-order valence-corrected chi connectivity index (χ3v) is 5.87.